The van der Waals surface area contributed by atoms with E-state index in [-0.39, 0.29) is 6.04 Å². The molecule has 1 aromatic rings. The predicted octanol–water partition coefficient (Wildman–Crippen LogP) is 2.50. The van der Waals surface area contributed by atoms with Crippen molar-refractivity contribution in [2.24, 2.45) is 0 Å². The highest BCUT2D eigenvalue weighted by Crippen LogP contribution is 2.24. The van der Waals surface area contributed by atoms with Crippen molar-refractivity contribution in [1.82, 2.24) is 14.8 Å². The first-order valence-corrected chi connectivity index (χ1v) is 6.04. The zero-order valence-electron chi connectivity index (χ0n) is 9.53. The van der Waals surface area contributed by atoms with E-state index in [0.717, 1.165) is 17.3 Å². The van der Waals surface area contributed by atoms with Gasteiger partial charge >= 0.3 is 0 Å². The molecule has 4 nitrogen and oxygen atoms in total. The van der Waals surface area contributed by atoms with Gasteiger partial charge in [-0.25, -0.2) is 0 Å². The number of hydrogen-bond donors (Lipinski definition) is 1. The number of nitrogen functional groups attached to an aromatic ring is 1. The van der Waals surface area contributed by atoms with Crippen LogP contribution in [0.4, 0.5) is 5.95 Å². The van der Waals surface area contributed by atoms with E-state index < -0.39 is 0 Å². The molecule has 0 saturated carbocycles. The fourth-order valence-electron chi connectivity index (χ4n) is 1.14. The van der Waals surface area contributed by atoms with Gasteiger partial charge in [0.1, 0.15) is 0 Å². The topological polar surface area (TPSA) is 56.7 Å². The van der Waals surface area contributed by atoms with Gasteiger partial charge < -0.3 is 5.73 Å². The molecule has 0 aliphatic carbocycles. The summed E-state index contributed by atoms with van der Waals surface area (Å²) in [7, 11) is 0. The molecule has 1 aromatic heterocycles. The summed E-state index contributed by atoms with van der Waals surface area (Å²) in [6, 6.07) is 0.289. The molecule has 0 radical (unpaired) electrons. The second-order valence-electron chi connectivity index (χ2n) is 3.70. The van der Waals surface area contributed by atoms with Crippen LogP contribution in [-0.4, -0.2) is 20.5 Å². The molecular weight excluding hydrogens is 208 g/mol. The van der Waals surface area contributed by atoms with Crippen molar-refractivity contribution < 1.29 is 0 Å². The molecular formula is C10H18N4S. The highest BCUT2D eigenvalue weighted by molar-refractivity contribution is 7.99. The summed E-state index contributed by atoms with van der Waals surface area (Å²) < 4.78 is 1.94. The van der Waals surface area contributed by atoms with Crippen molar-refractivity contribution in [1.29, 1.82) is 0 Å². The summed E-state index contributed by atoms with van der Waals surface area (Å²) in [6.45, 7) is 10.2. The Balaban J connectivity index is 2.73. The molecule has 0 bridgehead atoms. The minimum atomic E-state index is 0.289. The Kier molecular flexibility index (Phi) is 4.20. The zero-order chi connectivity index (χ0) is 11.4. The molecule has 5 heteroatoms. The van der Waals surface area contributed by atoms with Gasteiger partial charge in [0.15, 0.2) is 5.16 Å². The fourth-order valence-corrected chi connectivity index (χ4v) is 2.22. The Morgan fingerprint density at radius 2 is 2.20 bits per heavy atom. The SMILES string of the molecule is C=C(CC)CSc1nnc(N)n1C(C)C. The summed E-state index contributed by atoms with van der Waals surface area (Å²) in [6.07, 6.45) is 0.998. The molecule has 1 heterocycles. The number of rotatable bonds is 5. The molecule has 0 atom stereocenters. The Labute approximate surface area is 95.0 Å². The molecule has 0 spiro atoms. The molecule has 0 saturated heterocycles. The average molecular weight is 226 g/mol. The van der Waals surface area contributed by atoms with Crippen LogP contribution >= 0.6 is 11.8 Å². The van der Waals surface area contributed by atoms with Crippen LogP contribution in [-0.2, 0) is 0 Å². The number of aromatic nitrogens is 3. The minimum absolute atomic E-state index is 0.289. The lowest BCUT2D eigenvalue weighted by Crippen LogP contribution is -2.07. The number of hydrogen-bond acceptors (Lipinski definition) is 4. The third-order valence-electron chi connectivity index (χ3n) is 2.11. The number of thioether (sulfide) groups is 1. The summed E-state index contributed by atoms with van der Waals surface area (Å²) in [5.41, 5.74) is 6.94. The van der Waals surface area contributed by atoms with Crippen LogP contribution in [0.15, 0.2) is 17.3 Å². The molecule has 15 heavy (non-hydrogen) atoms. The Bertz CT molecular complexity index is 343. The van der Waals surface area contributed by atoms with E-state index in [1.54, 1.807) is 11.8 Å². The largest absolute Gasteiger partial charge is 0.368 e. The monoisotopic (exact) mass is 226 g/mol. The summed E-state index contributed by atoms with van der Waals surface area (Å²) in [4.78, 5) is 0. The molecule has 0 fully saturated rings. The van der Waals surface area contributed by atoms with Gasteiger partial charge in [-0.3, -0.25) is 4.57 Å². The summed E-state index contributed by atoms with van der Waals surface area (Å²) >= 11 is 1.64. The lowest BCUT2D eigenvalue weighted by atomic mass is 10.3. The van der Waals surface area contributed by atoms with Crippen molar-refractivity contribution in [2.45, 2.75) is 38.4 Å². The third kappa shape index (κ3) is 2.99. The third-order valence-corrected chi connectivity index (χ3v) is 3.20. The van der Waals surface area contributed by atoms with Crippen molar-refractivity contribution in [3.63, 3.8) is 0 Å². The van der Waals surface area contributed by atoms with Gasteiger partial charge in [-0.1, -0.05) is 30.8 Å². The van der Waals surface area contributed by atoms with Crippen LogP contribution in [0.5, 0.6) is 0 Å². The lowest BCUT2D eigenvalue weighted by Gasteiger charge is -2.11. The first-order chi connectivity index (χ1) is 7.06. The maximum absolute atomic E-state index is 5.73. The normalized spacial score (nSPS) is 10.9. The first-order valence-electron chi connectivity index (χ1n) is 5.06. The van der Waals surface area contributed by atoms with Gasteiger partial charge in [-0.2, -0.15) is 0 Å². The number of nitrogens with two attached hydrogens (primary N) is 1. The van der Waals surface area contributed by atoms with Gasteiger partial charge in [0, 0.05) is 11.8 Å². The van der Waals surface area contributed by atoms with Crippen molar-refractivity contribution >= 4 is 17.7 Å². The molecule has 0 aliphatic rings. The van der Waals surface area contributed by atoms with E-state index in [0.29, 0.717) is 5.95 Å². The quantitative estimate of drug-likeness (QED) is 0.619. The van der Waals surface area contributed by atoms with Gasteiger partial charge in [0.25, 0.3) is 0 Å². The highest BCUT2D eigenvalue weighted by atomic mass is 32.2. The van der Waals surface area contributed by atoms with Crippen LogP contribution in [0.2, 0.25) is 0 Å². The van der Waals surface area contributed by atoms with E-state index in [4.69, 9.17) is 5.73 Å². The second kappa shape index (κ2) is 5.21. The zero-order valence-corrected chi connectivity index (χ0v) is 10.3. The van der Waals surface area contributed by atoms with Crippen LogP contribution in [0.25, 0.3) is 0 Å². The fraction of sp³-hybridized carbons (Fsp3) is 0.600. The maximum Gasteiger partial charge on any atom is 0.222 e. The van der Waals surface area contributed by atoms with Gasteiger partial charge in [-0.15, -0.1) is 10.2 Å². The van der Waals surface area contributed by atoms with E-state index >= 15 is 0 Å². The standard InChI is InChI=1S/C10H18N4S/c1-5-8(4)6-15-10-13-12-9(11)14(10)7(2)3/h7H,4-6H2,1-3H3,(H2,11,12). The van der Waals surface area contributed by atoms with Crippen LogP contribution in [0, 0.1) is 0 Å². The maximum atomic E-state index is 5.73. The summed E-state index contributed by atoms with van der Waals surface area (Å²) in [5, 5.41) is 8.81. The van der Waals surface area contributed by atoms with E-state index in [1.807, 2.05) is 4.57 Å². The van der Waals surface area contributed by atoms with Crippen molar-refractivity contribution in [3.8, 4) is 0 Å². The molecule has 84 valence electrons. The summed E-state index contributed by atoms with van der Waals surface area (Å²) in [5.74, 6) is 1.36. The van der Waals surface area contributed by atoms with Crippen molar-refractivity contribution in [3.05, 3.63) is 12.2 Å². The number of nitrogens with zero attached hydrogens (tertiary/aromatic N) is 3. The molecule has 0 aromatic carbocycles. The molecule has 2 N–H and O–H groups in total. The van der Waals surface area contributed by atoms with Gasteiger partial charge in [0.2, 0.25) is 5.95 Å². The van der Waals surface area contributed by atoms with E-state index in [9.17, 15) is 0 Å². The van der Waals surface area contributed by atoms with Crippen LogP contribution in [0.1, 0.15) is 33.2 Å². The number of anilines is 1. The van der Waals surface area contributed by atoms with Crippen LogP contribution in [0.3, 0.4) is 0 Å². The highest BCUT2D eigenvalue weighted by Gasteiger charge is 2.12. The molecule has 0 amide bonds. The van der Waals surface area contributed by atoms with E-state index in [1.165, 1.54) is 5.57 Å². The Hall–Kier alpha value is -0.970. The smallest absolute Gasteiger partial charge is 0.222 e. The minimum Gasteiger partial charge on any atom is -0.368 e. The van der Waals surface area contributed by atoms with Gasteiger partial charge in [0.05, 0.1) is 0 Å². The van der Waals surface area contributed by atoms with Crippen molar-refractivity contribution in [2.75, 3.05) is 11.5 Å². The molecule has 1 rings (SSSR count). The first kappa shape index (κ1) is 12.1. The lowest BCUT2D eigenvalue weighted by molar-refractivity contribution is 0.557. The predicted molar refractivity (Wildman–Crippen MR) is 65.0 cm³/mol. The average Bonchev–Trinajstić information content (AvgIpc) is 2.56. The second-order valence-corrected chi connectivity index (χ2v) is 4.64. The van der Waals surface area contributed by atoms with Gasteiger partial charge in [-0.05, 0) is 20.3 Å². The van der Waals surface area contributed by atoms with E-state index in [2.05, 4.69) is 37.5 Å². The Morgan fingerprint density at radius 1 is 1.53 bits per heavy atom. The van der Waals surface area contributed by atoms with Crippen LogP contribution < -0.4 is 5.73 Å². The Morgan fingerprint density at radius 3 is 2.73 bits per heavy atom. The molecule has 0 aliphatic heterocycles. The molecule has 0 unspecified atom stereocenters.